The van der Waals surface area contributed by atoms with Crippen molar-refractivity contribution < 1.29 is 17.5 Å². The molecule has 0 amide bonds. The Balaban J connectivity index is 2.52. The summed E-state index contributed by atoms with van der Waals surface area (Å²) in [4.78, 5) is -0.0146. The first kappa shape index (κ1) is 18.7. The topological polar surface area (TPSA) is 82.4 Å². The summed E-state index contributed by atoms with van der Waals surface area (Å²) >= 11 is 0. The van der Waals surface area contributed by atoms with Crippen LogP contribution in [0.1, 0.15) is 12.5 Å². The van der Waals surface area contributed by atoms with E-state index in [1.54, 1.807) is 19.1 Å². The molecule has 0 aliphatic rings. The van der Waals surface area contributed by atoms with Gasteiger partial charge in [-0.25, -0.2) is 17.1 Å². The molecule has 0 saturated heterocycles. The number of hydrogen-bond acceptors (Lipinski definition) is 5. The summed E-state index contributed by atoms with van der Waals surface area (Å²) in [5, 5.41) is 12.0. The third kappa shape index (κ3) is 3.90. The Morgan fingerprint density at radius 3 is 2.60 bits per heavy atom. The summed E-state index contributed by atoms with van der Waals surface area (Å²) in [6, 6.07) is 10.5. The van der Waals surface area contributed by atoms with Gasteiger partial charge >= 0.3 is 0 Å². The lowest BCUT2D eigenvalue weighted by Gasteiger charge is -2.17. The van der Waals surface area contributed by atoms with Crippen LogP contribution in [-0.2, 0) is 10.0 Å². The Kier molecular flexibility index (Phi) is 5.62. The highest BCUT2D eigenvalue weighted by atomic mass is 32.2. The zero-order valence-corrected chi connectivity index (χ0v) is 14.9. The number of hydrogen-bond donors (Lipinski definition) is 1. The second kappa shape index (κ2) is 7.51. The number of ether oxygens (including phenoxy) is 1. The lowest BCUT2D eigenvalue weighted by molar-refractivity contribution is 0.330. The van der Waals surface area contributed by atoms with Gasteiger partial charge < -0.3 is 10.1 Å². The van der Waals surface area contributed by atoms with E-state index in [1.807, 2.05) is 0 Å². The Hall–Kier alpha value is -2.63. The van der Waals surface area contributed by atoms with Gasteiger partial charge in [0.05, 0.1) is 12.3 Å². The van der Waals surface area contributed by atoms with Crippen LogP contribution in [0.4, 0.5) is 15.8 Å². The molecule has 6 nitrogen and oxygen atoms in total. The van der Waals surface area contributed by atoms with Gasteiger partial charge in [-0.3, -0.25) is 0 Å². The highest BCUT2D eigenvalue weighted by molar-refractivity contribution is 7.89. The van der Waals surface area contributed by atoms with Crippen LogP contribution in [0.25, 0.3) is 0 Å². The first-order chi connectivity index (χ1) is 11.8. The molecule has 0 aliphatic heterocycles. The molecule has 0 bridgehead atoms. The molecule has 8 heteroatoms. The molecule has 1 N–H and O–H groups in total. The molecule has 2 aromatic carbocycles. The Morgan fingerprint density at radius 1 is 1.28 bits per heavy atom. The maximum absolute atomic E-state index is 13.7. The second-order valence-corrected chi connectivity index (χ2v) is 7.40. The molecule has 0 radical (unpaired) electrons. The summed E-state index contributed by atoms with van der Waals surface area (Å²) in [5.41, 5.74) is 0.499. The Bertz CT molecular complexity index is 921. The second-order valence-electron chi connectivity index (χ2n) is 5.28. The van der Waals surface area contributed by atoms with Gasteiger partial charge in [-0.15, -0.1) is 0 Å². The molecular formula is C17H18FN3O3S. The van der Waals surface area contributed by atoms with Crippen molar-refractivity contribution in [1.29, 1.82) is 5.26 Å². The monoisotopic (exact) mass is 363 g/mol. The summed E-state index contributed by atoms with van der Waals surface area (Å²) in [5.74, 6) is -0.430. The van der Waals surface area contributed by atoms with Crippen LogP contribution < -0.4 is 10.1 Å². The molecule has 0 heterocycles. The number of nitrogens with zero attached hydrogens (tertiary/aromatic N) is 2. The summed E-state index contributed by atoms with van der Waals surface area (Å²) in [6.07, 6.45) is 0. The predicted molar refractivity (Wildman–Crippen MR) is 92.9 cm³/mol. The lowest BCUT2D eigenvalue weighted by Crippen LogP contribution is -2.23. The molecule has 132 valence electrons. The van der Waals surface area contributed by atoms with Crippen LogP contribution in [0.3, 0.4) is 0 Å². The molecule has 0 aliphatic carbocycles. The van der Waals surface area contributed by atoms with Crippen LogP contribution in [0.15, 0.2) is 41.3 Å². The van der Waals surface area contributed by atoms with Gasteiger partial charge in [0.2, 0.25) is 10.0 Å². The van der Waals surface area contributed by atoms with Crippen LogP contribution in [-0.4, -0.2) is 33.4 Å². The molecule has 0 unspecified atom stereocenters. The third-order valence-electron chi connectivity index (χ3n) is 3.41. The van der Waals surface area contributed by atoms with E-state index in [2.05, 4.69) is 5.32 Å². The van der Waals surface area contributed by atoms with E-state index in [9.17, 15) is 12.8 Å². The zero-order chi connectivity index (χ0) is 18.6. The normalized spacial score (nSPS) is 11.2. The largest absolute Gasteiger partial charge is 0.492 e. The van der Waals surface area contributed by atoms with Crippen molar-refractivity contribution in [2.24, 2.45) is 0 Å². The minimum atomic E-state index is -3.74. The predicted octanol–water partition coefficient (Wildman–Crippen LogP) is 3.09. The van der Waals surface area contributed by atoms with Gasteiger partial charge in [0.1, 0.15) is 28.1 Å². The average Bonchev–Trinajstić information content (AvgIpc) is 2.56. The number of rotatable bonds is 6. The van der Waals surface area contributed by atoms with Crippen LogP contribution in [0, 0.1) is 17.1 Å². The van der Waals surface area contributed by atoms with Crippen LogP contribution in [0.5, 0.6) is 5.75 Å². The average molecular weight is 363 g/mol. The quantitative estimate of drug-likeness (QED) is 0.853. The van der Waals surface area contributed by atoms with Gasteiger partial charge in [0.15, 0.2) is 0 Å². The van der Waals surface area contributed by atoms with Gasteiger partial charge in [0.25, 0.3) is 0 Å². The maximum atomic E-state index is 13.7. The first-order valence-electron chi connectivity index (χ1n) is 7.46. The molecule has 2 aromatic rings. The number of nitriles is 1. The zero-order valence-electron chi connectivity index (χ0n) is 14.1. The van der Waals surface area contributed by atoms with Crippen molar-refractivity contribution in [3.63, 3.8) is 0 Å². The van der Waals surface area contributed by atoms with Crippen LogP contribution in [0.2, 0.25) is 0 Å². The van der Waals surface area contributed by atoms with Crippen molar-refractivity contribution in [2.75, 3.05) is 26.0 Å². The number of anilines is 2. The number of sulfonamides is 1. The molecule has 0 atom stereocenters. The summed E-state index contributed by atoms with van der Waals surface area (Å²) < 4.78 is 45.2. The van der Waals surface area contributed by atoms with Crippen molar-refractivity contribution in [2.45, 2.75) is 11.8 Å². The molecule has 2 rings (SSSR count). The molecule has 25 heavy (non-hydrogen) atoms. The molecule has 0 aromatic heterocycles. The number of benzene rings is 2. The Labute approximate surface area is 146 Å². The van der Waals surface area contributed by atoms with E-state index in [4.69, 9.17) is 10.00 Å². The standard InChI is InChI=1S/C17H18FN3O3S/c1-4-24-16-9-8-12(10-17(16)25(22,23)21(2)3)20-15-7-5-6-14(18)13(15)11-19/h5-10,20H,4H2,1-3H3. The molecular weight excluding hydrogens is 345 g/mol. The van der Waals surface area contributed by atoms with Gasteiger partial charge in [-0.1, -0.05) is 6.07 Å². The Morgan fingerprint density at radius 2 is 2.00 bits per heavy atom. The fraction of sp³-hybridized carbons (Fsp3) is 0.235. The fourth-order valence-corrected chi connectivity index (χ4v) is 3.21. The number of halogens is 1. The van der Waals surface area contributed by atoms with E-state index >= 15 is 0 Å². The molecule has 0 saturated carbocycles. The van der Waals surface area contributed by atoms with E-state index in [0.717, 1.165) is 4.31 Å². The van der Waals surface area contributed by atoms with Gasteiger partial charge in [0, 0.05) is 19.8 Å². The fourth-order valence-electron chi connectivity index (χ4n) is 2.16. The van der Waals surface area contributed by atoms with Gasteiger partial charge in [-0.2, -0.15) is 5.26 Å². The molecule has 0 spiro atoms. The van der Waals surface area contributed by atoms with Crippen molar-refractivity contribution in [3.8, 4) is 11.8 Å². The van der Waals surface area contributed by atoms with Gasteiger partial charge in [-0.05, 0) is 37.3 Å². The first-order valence-corrected chi connectivity index (χ1v) is 8.90. The smallest absolute Gasteiger partial charge is 0.246 e. The van der Waals surface area contributed by atoms with E-state index in [0.29, 0.717) is 12.3 Å². The highest BCUT2D eigenvalue weighted by Gasteiger charge is 2.23. The van der Waals surface area contributed by atoms with E-state index in [-0.39, 0.29) is 21.9 Å². The maximum Gasteiger partial charge on any atom is 0.246 e. The summed E-state index contributed by atoms with van der Waals surface area (Å²) in [7, 11) is -0.895. The number of nitrogens with one attached hydrogen (secondary N) is 1. The minimum Gasteiger partial charge on any atom is -0.492 e. The van der Waals surface area contributed by atoms with Crippen molar-refractivity contribution >= 4 is 21.4 Å². The van der Waals surface area contributed by atoms with Crippen molar-refractivity contribution in [1.82, 2.24) is 4.31 Å². The van der Waals surface area contributed by atoms with Crippen molar-refractivity contribution in [3.05, 3.63) is 47.8 Å². The van der Waals surface area contributed by atoms with E-state index < -0.39 is 15.8 Å². The molecule has 0 fully saturated rings. The minimum absolute atomic E-state index is 0.0146. The SMILES string of the molecule is CCOc1ccc(Nc2cccc(F)c2C#N)cc1S(=O)(=O)N(C)C. The highest BCUT2D eigenvalue weighted by Crippen LogP contribution is 2.31. The van der Waals surface area contributed by atoms with Crippen LogP contribution >= 0.6 is 0 Å². The van der Waals surface area contributed by atoms with E-state index in [1.165, 1.54) is 44.4 Å². The summed E-state index contributed by atoms with van der Waals surface area (Å²) in [6.45, 7) is 2.06. The lowest BCUT2D eigenvalue weighted by atomic mass is 10.1. The third-order valence-corrected chi connectivity index (χ3v) is 5.24.